The van der Waals surface area contributed by atoms with Gasteiger partial charge in [-0.1, -0.05) is 78.6 Å². The number of rotatable bonds is 9. The topological polar surface area (TPSA) is 0 Å². The van der Waals surface area contributed by atoms with E-state index in [0.29, 0.717) is 0 Å². The molecular formula is C27H39Pr. The minimum atomic E-state index is 0. The van der Waals surface area contributed by atoms with Crippen LogP contribution in [0.5, 0.6) is 0 Å². The maximum Gasteiger partial charge on any atom is 3.00 e. The van der Waals surface area contributed by atoms with Gasteiger partial charge in [0.25, 0.3) is 0 Å². The molecule has 150 valence electrons. The van der Waals surface area contributed by atoms with Gasteiger partial charge in [-0.2, -0.15) is 18.2 Å². The van der Waals surface area contributed by atoms with Crippen molar-refractivity contribution >= 4 is 0 Å². The van der Waals surface area contributed by atoms with E-state index in [-0.39, 0.29) is 41.3 Å². The average molecular weight is 505 g/mol. The van der Waals surface area contributed by atoms with Crippen molar-refractivity contribution in [2.45, 2.75) is 97.8 Å². The molecule has 0 aliphatic heterocycles. The van der Waals surface area contributed by atoms with Crippen LogP contribution >= 0.6 is 0 Å². The Labute approximate surface area is 209 Å². The van der Waals surface area contributed by atoms with Crippen LogP contribution in [0, 0.1) is 59.5 Å². The molecule has 0 amide bonds. The summed E-state index contributed by atoms with van der Waals surface area (Å²) in [6, 6.07) is 0. The Kier molecular flexibility index (Phi) is 20.0. The van der Waals surface area contributed by atoms with Crippen molar-refractivity contribution in [2.75, 3.05) is 0 Å². The molecule has 0 atom stereocenters. The molecule has 0 fully saturated rings. The van der Waals surface area contributed by atoms with Gasteiger partial charge in [0.1, 0.15) is 0 Å². The van der Waals surface area contributed by atoms with E-state index in [1.807, 2.05) is 0 Å². The molecule has 0 radical (unpaired) electrons. The van der Waals surface area contributed by atoms with Gasteiger partial charge in [0, 0.05) is 0 Å². The predicted octanol–water partition coefficient (Wildman–Crippen LogP) is 8.60. The fourth-order valence-corrected chi connectivity index (χ4v) is 2.97. The molecule has 3 aliphatic rings. The van der Waals surface area contributed by atoms with Crippen molar-refractivity contribution in [3.8, 4) is 0 Å². The van der Waals surface area contributed by atoms with E-state index in [4.69, 9.17) is 0 Å². The molecule has 0 spiro atoms. The first-order valence-electron chi connectivity index (χ1n) is 11.1. The molecule has 0 saturated heterocycles. The first-order valence-corrected chi connectivity index (χ1v) is 11.1. The molecule has 0 aromatic heterocycles. The van der Waals surface area contributed by atoms with E-state index in [1.165, 1.54) is 74.5 Å². The van der Waals surface area contributed by atoms with Crippen LogP contribution < -0.4 is 0 Å². The molecule has 0 aromatic rings. The third-order valence-corrected chi connectivity index (χ3v) is 4.70. The molecule has 0 heterocycles. The van der Waals surface area contributed by atoms with Gasteiger partial charge in [-0.05, 0) is 0 Å². The van der Waals surface area contributed by atoms with Gasteiger partial charge in [-0.15, -0.1) is 19.3 Å². The smallest absolute Gasteiger partial charge is 0.269 e. The molecule has 0 saturated carbocycles. The first kappa shape index (κ1) is 27.8. The SMILES string of the molecule is CCCCC1=[C-]CC=C1.CCCCC1=[C-]CC=C1.CCCCC1=[C-]CC=C1.[Pr+3]. The van der Waals surface area contributed by atoms with Gasteiger partial charge in [-0.3, -0.25) is 18.2 Å². The summed E-state index contributed by atoms with van der Waals surface area (Å²) in [4.78, 5) is 0. The molecule has 0 N–H and O–H groups in total. The fraction of sp³-hybridized carbons (Fsp3) is 0.556. The number of hydrogen-bond donors (Lipinski definition) is 0. The zero-order valence-corrected chi connectivity index (χ0v) is 22.2. The molecule has 0 nitrogen and oxygen atoms in total. The summed E-state index contributed by atoms with van der Waals surface area (Å²) < 4.78 is 0. The quantitative estimate of drug-likeness (QED) is 0.276. The summed E-state index contributed by atoms with van der Waals surface area (Å²) in [5.74, 6) is 0. The van der Waals surface area contributed by atoms with Crippen molar-refractivity contribution in [1.29, 1.82) is 0 Å². The Bertz CT molecular complexity index is 474. The van der Waals surface area contributed by atoms with Gasteiger partial charge in [0.2, 0.25) is 0 Å². The maximum atomic E-state index is 3.30. The molecule has 3 rings (SSSR count). The second kappa shape index (κ2) is 20.1. The molecule has 0 aromatic carbocycles. The monoisotopic (exact) mass is 504 g/mol. The molecule has 0 unspecified atom stereocenters. The summed E-state index contributed by atoms with van der Waals surface area (Å²) in [6.07, 6.45) is 37.6. The third-order valence-electron chi connectivity index (χ3n) is 4.70. The third kappa shape index (κ3) is 14.8. The van der Waals surface area contributed by atoms with Crippen molar-refractivity contribution < 1.29 is 41.3 Å². The Balaban J connectivity index is 0.000000384. The summed E-state index contributed by atoms with van der Waals surface area (Å²) >= 11 is 0. The largest absolute Gasteiger partial charge is 3.00 e. The predicted molar refractivity (Wildman–Crippen MR) is 120 cm³/mol. The summed E-state index contributed by atoms with van der Waals surface area (Å²) in [7, 11) is 0. The molecule has 0 bridgehead atoms. The van der Waals surface area contributed by atoms with E-state index in [0.717, 1.165) is 19.3 Å². The van der Waals surface area contributed by atoms with Crippen LogP contribution in [0.3, 0.4) is 0 Å². The Hall–Kier alpha value is -0.196. The summed E-state index contributed by atoms with van der Waals surface area (Å²) in [6.45, 7) is 6.66. The van der Waals surface area contributed by atoms with Crippen molar-refractivity contribution in [3.63, 3.8) is 0 Å². The number of hydrogen-bond acceptors (Lipinski definition) is 0. The van der Waals surface area contributed by atoms with Crippen LogP contribution in [0.2, 0.25) is 0 Å². The summed E-state index contributed by atoms with van der Waals surface area (Å²) in [5.41, 5.74) is 4.24. The Morgan fingerprint density at radius 3 is 1.04 bits per heavy atom. The standard InChI is InChI=1S/3C9H13.Pr/c3*1-2-3-6-9-7-4-5-8-9;/h3*4,7H,2-3,5-6H2,1H3;/q3*-1;+3. The second-order valence-electron chi connectivity index (χ2n) is 7.24. The van der Waals surface area contributed by atoms with Crippen LogP contribution in [-0.2, 0) is 0 Å². The summed E-state index contributed by atoms with van der Waals surface area (Å²) in [5, 5.41) is 0. The average Bonchev–Trinajstić information content (AvgIpc) is 3.47. The molecule has 28 heavy (non-hydrogen) atoms. The zero-order chi connectivity index (χ0) is 19.6. The van der Waals surface area contributed by atoms with E-state index in [9.17, 15) is 0 Å². The van der Waals surface area contributed by atoms with Crippen LogP contribution in [0.4, 0.5) is 0 Å². The normalized spacial score (nSPS) is 15.8. The van der Waals surface area contributed by atoms with E-state index < -0.39 is 0 Å². The van der Waals surface area contributed by atoms with Crippen LogP contribution in [0.1, 0.15) is 97.8 Å². The van der Waals surface area contributed by atoms with Gasteiger partial charge >= 0.3 is 41.3 Å². The molecule has 3 aliphatic carbocycles. The van der Waals surface area contributed by atoms with Crippen LogP contribution in [0.15, 0.2) is 53.2 Å². The van der Waals surface area contributed by atoms with Gasteiger partial charge in [0.15, 0.2) is 0 Å². The Morgan fingerprint density at radius 2 is 0.857 bits per heavy atom. The van der Waals surface area contributed by atoms with Crippen LogP contribution in [0.25, 0.3) is 0 Å². The van der Waals surface area contributed by atoms with Crippen molar-refractivity contribution in [2.24, 2.45) is 0 Å². The number of unbranched alkanes of at least 4 members (excludes halogenated alkanes) is 3. The maximum absolute atomic E-state index is 3.30. The molecule has 1 heteroatoms. The minimum absolute atomic E-state index is 0. The van der Waals surface area contributed by atoms with E-state index >= 15 is 0 Å². The molecular weight excluding hydrogens is 465 g/mol. The van der Waals surface area contributed by atoms with E-state index in [1.54, 1.807) is 0 Å². The van der Waals surface area contributed by atoms with Crippen molar-refractivity contribution in [3.05, 3.63) is 71.4 Å². The number of allylic oxidation sites excluding steroid dienone is 12. The van der Waals surface area contributed by atoms with E-state index in [2.05, 4.69) is 75.5 Å². The fourth-order valence-electron chi connectivity index (χ4n) is 2.97. The van der Waals surface area contributed by atoms with Gasteiger partial charge in [0.05, 0.1) is 0 Å². The zero-order valence-electron chi connectivity index (χ0n) is 18.5. The second-order valence-corrected chi connectivity index (χ2v) is 7.24. The van der Waals surface area contributed by atoms with Crippen molar-refractivity contribution in [1.82, 2.24) is 0 Å². The Morgan fingerprint density at radius 1 is 0.571 bits per heavy atom. The van der Waals surface area contributed by atoms with Crippen LogP contribution in [-0.4, -0.2) is 0 Å². The first-order chi connectivity index (χ1) is 13.3. The van der Waals surface area contributed by atoms with Gasteiger partial charge < -0.3 is 0 Å². The van der Waals surface area contributed by atoms with Gasteiger partial charge in [-0.25, -0.2) is 34.9 Å². The minimum Gasteiger partial charge on any atom is -0.269 e.